The first kappa shape index (κ1) is 14.3. The van der Waals surface area contributed by atoms with Crippen molar-refractivity contribution in [1.29, 1.82) is 0 Å². The molecule has 2 aromatic carbocycles. The van der Waals surface area contributed by atoms with Crippen LogP contribution < -0.4 is 15.4 Å². The Balaban J connectivity index is 1.69. The molecule has 2 aromatic rings. The van der Waals surface area contributed by atoms with Crippen molar-refractivity contribution in [3.63, 3.8) is 0 Å². The highest BCUT2D eigenvalue weighted by Gasteiger charge is 1.95. The van der Waals surface area contributed by atoms with Crippen LogP contribution in [0.3, 0.4) is 0 Å². The normalized spacial score (nSPS) is 10.1. The predicted molar refractivity (Wildman–Crippen MR) is 85.6 cm³/mol. The average molecular weight is 270 g/mol. The molecule has 0 aliphatic carbocycles. The number of hydrogen-bond donors (Lipinski definition) is 2. The van der Waals surface area contributed by atoms with Crippen molar-refractivity contribution in [3.8, 4) is 5.75 Å². The van der Waals surface area contributed by atoms with Crippen LogP contribution in [-0.4, -0.2) is 19.7 Å². The molecular weight excluding hydrogens is 248 g/mol. The summed E-state index contributed by atoms with van der Waals surface area (Å²) >= 11 is 0. The summed E-state index contributed by atoms with van der Waals surface area (Å²) in [5, 5.41) is 6.75. The molecule has 106 valence electrons. The molecule has 0 unspecified atom stereocenters. The Morgan fingerprint density at radius 1 is 0.800 bits per heavy atom. The van der Waals surface area contributed by atoms with E-state index in [1.807, 2.05) is 42.5 Å². The van der Waals surface area contributed by atoms with E-state index in [1.54, 1.807) is 0 Å². The molecule has 2 rings (SSSR count). The quantitative estimate of drug-likeness (QED) is 0.711. The maximum absolute atomic E-state index is 5.55. The molecule has 3 heteroatoms. The van der Waals surface area contributed by atoms with E-state index >= 15 is 0 Å². The Labute approximate surface area is 121 Å². The number of ether oxygens (including phenoxy) is 1. The summed E-state index contributed by atoms with van der Waals surface area (Å²) in [6.45, 7) is 4.64. The second-order valence-corrected chi connectivity index (χ2v) is 4.59. The molecule has 0 aromatic heterocycles. The van der Waals surface area contributed by atoms with Gasteiger partial charge in [-0.1, -0.05) is 25.1 Å². The first-order valence-corrected chi connectivity index (χ1v) is 7.14. The molecule has 0 aliphatic rings. The van der Waals surface area contributed by atoms with E-state index in [1.165, 1.54) is 0 Å². The van der Waals surface area contributed by atoms with Gasteiger partial charge in [0.2, 0.25) is 0 Å². The molecule has 0 heterocycles. The second kappa shape index (κ2) is 8.10. The Hall–Kier alpha value is -2.16. The van der Waals surface area contributed by atoms with Gasteiger partial charge in [-0.3, -0.25) is 0 Å². The smallest absolute Gasteiger partial charge is 0.119 e. The summed E-state index contributed by atoms with van der Waals surface area (Å²) in [5.74, 6) is 0.930. The lowest BCUT2D eigenvalue weighted by atomic mass is 10.3. The molecule has 2 N–H and O–H groups in total. The minimum atomic E-state index is 0.772. The predicted octanol–water partition coefficient (Wildman–Crippen LogP) is 4.00. The molecule has 0 aliphatic heterocycles. The zero-order valence-corrected chi connectivity index (χ0v) is 11.9. The van der Waals surface area contributed by atoms with Crippen LogP contribution in [0.15, 0.2) is 54.6 Å². The highest BCUT2D eigenvalue weighted by atomic mass is 16.5. The first-order valence-electron chi connectivity index (χ1n) is 7.14. The third-order valence-corrected chi connectivity index (χ3v) is 2.88. The lowest BCUT2D eigenvalue weighted by Gasteiger charge is -2.10. The third-order valence-electron chi connectivity index (χ3n) is 2.88. The maximum Gasteiger partial charge on any atom is 0.119 e. The van der Waals surface area contributed by atoms with Crippen molar-refractivity contribution in [3.05, 3.63) is 54.6 Å². The standard InChI is InChI=1S/C17H22N2O/c1-2-14-20-17-10-8-16(9-11-17)19-13-12-18-15-6-4-3-5-7-15/h3-11,18-19H,2,12-14H2,1H3. The highest BCUT2D eigenvalue weighted by molar-refractivity contribution is 5.47. The van der Waals surface area contributed by atoms with E-state index in [9.17, 15) is 0 Å². The van der Waals surface area contributed by atoms with E-state index in [-0.39, 0.29) is 0 Å². The summed E-state index contributed by atoms with van der Waals surface area (Å²) < 4.78 is 5.55. The monoisotopic (exact) mass is 270 g/mol. The van der Waals surface area contributed by atoms with E-state index in [2.05, 4.69) is 29.7 Å². The van der Waals surface area contributed by atoms with Gasteiger partial charge in [-0.15, -0.1) is 0 Å². The van der Waals surface area contributed by atoms with Crippen molar-refractivity contribution in [1.82, 2.24) is 0 Å². The van der Waals surface area contributed by atoms with Crippen molar-refractivity contribution >= 4 is 11.4 Å². The second-order valence-electron chi connectivity index (χ2n) is 4.59. The van der Waals surface area contributed by atoms with Crippen molar-refractivity contribution in [2.45, 2.75) is 13.3 Å². The fraction of sp³-hybridized carbons (Fsp3) is 0.294. The summed E-state index contributed by atoms with van der Waals surface area (Å²) in [7, 11) is 0. The molecule has 0 bridgehead atoms. The average Bonchev–Trinajstić information content (AvgIpc) is 2.52. The zero-order valence-electron chi connectivity index (χ0n) is 11.9. The number of anilines is 2. The van der Waals surface area contributed by atoms with Gasteiger partial charge in [0.25, 0.3) is 0 Å². The number of nitrogens with one attached hydrogen (secondary N) is 2. The van der Waals surface area contributed by atoms with Crippen LogP contribution in [0.5, 0.6) is 5.75 Å². The SMILES string of the molecule is CCCOc1ccc(NCCNc2ccccc2)cc1. The van der Waals surface area contributed by atoms with Gasteiger partial charge in [-0.2, -0.15) is 0 Å². The van der Waals surface area contributed by atoms with Gasteiger partial charge in [0.05, 0.1) is 6.61 Å². The highest BCUT2D eigenvalue weighted by Crippen LogP contribution is 2.15. The lowest BCUT2D eigenvalue weighted by molar-refractivity contribution is 0.317. The number of benzene rings is 2. The van der Waals surface area contributed by atoms with Gasteiger partial charge < -0.3 is 15.4 Å². The molecule has 0 fully saturated rings. The fourth-order valence-electron chi connectivity index (χ4n) is 1.86. The third kappa shape index (κ3) is 4.84. The molecule has 0 spiro atoms. The van der Waals surface area contributed by atoms with Gasteiger partial charge in [-0.05, 0) is 42.8 Å². The molecule has 0 saturated heterocycles. The summed E-state index contributed by atoms with van der Waals surface area (Å²) in [5.41, 5.74) is 2.27. The van der Waals surface area contributed by atoms with Crippen LogP contribution in [0, 0.1) is 0 Å². The largest absolute Gasteiger partial charge is 0.494 e. The van der Waals surface area contributed by atoms with Gasteiger partial charge in [0.15, 0.2) is 0 Å². The van der Waals surface area contributed by atoms with Crippen LogP contribution in [0.2, 0.25) is 0 Å². The maximum atomic E-state index is 5.55. The fourth-order valence-corrected chi connectivity index (χ4v) is 1.86. The van der Waals surface area contributed by atoms with Crippen LogP contribution in [0.1, 0.15) is 13.3 Å². The van der Waals surface area contributed by atoms with Crippen molar-refractivity contribution in [2.24, 2.45) is 0 Å². The zero-order chi connectivity index (χ0) is 14.0. The Bertz CT molecular complexity index is 482. The number of rotatable bonds is 8. The molecule has 3 nitrogen and oxygen atoms in total. The van der Waals surface area contributed by atoms with Gasteiger partial charge >= 0.3 is 0 Å². The number of para-hydroxylation sites is 1. The lowest BCUT2D eigenvalue weighted by Crippen LogP contribution is -2.13. The minimum absolute atomic E-state index is 0.772. The molecule has 0 saturated carbocycles. The summed E-state index contributed by atoms with van der Waals surface area (Å²) in [6.07, 6.45) is 1.03. The van der Waals surface area contributed by atoms with E-state index < -0.39 is 0 Å². The topological polar surface area (TPSA) is 33.3 Å². The van der Waals surface area contributed by atoms with E-state index in [4.69, 9.17) is 4.74 Å². The van der Waals surface area contributed by atoms with Gasteiger partial charge in [0.1, 0.15) is 5.75 Å². The van der Waals surface area contributed by atoms with Crippen molar-refractivity contribution < 1.29 is 4.74 Å². The van der Waals surface area contributed by atoms with E-state index in [0.717, 1.165) is 43.2 Å². The molecular formula is C17H22N2O. The molecule has 0 atom stereocenters. The van der Waals surface area contributed by atoms with Crippen LogP contribution in [0.4, 0.5) is 11.4 Å². The minimum Gasteiger partial charge on any atom is -0.494 e. The molecule has 0 amide bonds. The van der Waals surface area contributed by atoms with Crippen LogP contribution in [-0.2, 0) is 0 Å². The van der Waals surface area contributed by atoms with Crippen LogP contribution in [0.25, 0.3) is 0 Å². The van der Waals surface area contributed by atoms with Gasteiger partial charge in [-0.25, -0.2) is 0 Å². The number of hydrogen-bond acceptors (Lipinski definition) is 3. The molecule has 20 heavy (non-hydrogen) atoms. The Morgan fingerprint density at radius 2 is 1.40 bits per heavy atom. The van der Waals surface area contributed by atoms with E-state index in [0.29, 0.717) is 0 Å². The Morgan fingerprint density at radius 3 is 2.00 bits per heavy atom. The summed E-state index contributed by atoms with van der Waals surface area (Å²) in [6, 6.07) is 18.3. The van der Waals surface area contributed by atoms with Crippen LogP contribution >= 0.6 is 0 Å². The van der Waals surface area contributed by atoms with Crippen molar-refractivity contribution in [2.75, 3.05) is 30.3 Å². The summed E-state index contributed by atoms with van der Waals surface area (Å²) in [4.78, 5) is 0. The first-order chi connectivity index (χ1) is 9.88. The van der Waals surface area contributed by atoms with Gasteiger partial charge in [0, 0.05) is 24.5 Å². The Kier molecular flexibility index (Phi) is 5.77. The molecule has 0 radical (unpaired) electrons.